The number of nitrogens with zero attached hydrogens (tertiary/aromatic N) is 6. The van der Waals surface area contributed by atoms with Crippen molar-refractivity contribution in [3.63, 3.8) is 0 Å². The maximum Gasteiger partial charge on any atom is 0.315 e. The quantitative estimate of drug-likeness (QED) is 0.391. The van der Waals surface area contributed by atoms with Crippen LogP contribution in [0, 0.1) is 0 Å². The van der Waals surface area contributed by atoms with E-state index in [1.165, 1.54) is 5.56 Å². The van der Waals surface area contributed by atoms with Gasteiger partial charge in [-0.3, -0.25) is 0 Å². The van der Waals surface area contributed by atoms with Gasteiger partial charge in [-0.05, 0) is 12.1 Å². The molecule has 0 radical (unpaired) electrons. The standard InChI is InChI=1S/C14H11N6/c1-18-12-14(20-10(17-12)5-3-7-16-20)19-8-9-4-2-6-15-11(9)13(18)19/h2-7H,8H2,1H3/q+1. The molecular weight excluding hydrogens is 252 g/mol. The van der Waals surface area contributed by atoms with E-state index >= 15 is 0 Å². The van der Waals surface area contributed by atoms with Crippen molar-refractivity contribution in [3.05, 3.63) is 42.2 Å². The largest absolute Gasteiger partial charge is 0.315 e. The first-order valence-electron chi connectivity index (χ1n) is 6.51. The van der Waals surface area contributed by atoms with E-state index in [9.17, 15) is 0 Å². The fraction of sp³-hybridized carbons (Fsp3) is 0.143. The van der Waals surface area contributed by atoms with E-state index in [1.807, 2.05) is 36.0 Å². The van der Waals surface area contributed by atoms with E-state index in [1.54, 1.807) is 6.20 Å². The number of imidazole rings is 2. The van der Waals surface area contributed by atoms with Crippen molar-refractivity contribution in [3.8, 4) is 11.5 Å². The molecule has 0 fully saturated rings. The van der Waals surface area contributed by atoms with Crippen molar-refractivity contribution >= 4 is 16.9 Å². The van der Waals surface area contributed by atoms with Crippen molar-refractivity contribution in [1.29, 1.82) is 0 Å². The van der Waals surface area contributed by atoms with Crippen LogP contribution in [0.15, 0.2) is 36.7 Å². The van der Waals surface area contributed by atoms with Crippen molar-refractivity contribution in [1.82, 2.24) is 24.1 Å². The van der Waals surface area contributed by atoms with Crippen molar-refractivity contribution in [2.24, 2.45) is 7.05 Å². The zero-order valence-electron chi connectivity index (χ0n) is 10.9. The summed E-state index contributed by atoms with van der Waals surface area (Å²) in [5.41, 5.74) is 5.11. The van der Waals surface area contributed by atoms with Gasteiger partial charge in [-0.25, -0.2) is 14.1 Å². The molecule has 0 aliphatic carbocycles. The van der Waals surface area contributed by atoms with Crippen LogP contribution in [0.3, 0.4) is 0 Å². The Morgan fingerprint density at radius 1 is 1.20 bits per heavy atom. The molecule has 0 atom stereocenters. The number of aromatic nitrogens is 6. The first kappa shape index (κ1) is 10.1. The summed E-state index contributed by atoms with van der Waals surface area (Å²) in [5, 5.41) is 4.42. The van der Waals surface area contributed by atoms with Crippen molar-refractivity contribution in [2.45, 2.75) is 6.54 Å². The number of aryl methyl sites for hydroxylation is 1. The third kappa shape index (κ3) is 1.01. The molecule has 0 amide bonds. The summed E-state index contributed by atoms with van der Waals surface area (Å²) >= 11 is 0. The van der Waals surface area contributed by atoms with Crippen LogP contribution in [0.5, 0.6) is 0 Å². The number of fused-ring (bicyclic) bond motifs is 7. The zero-order valence-corrected chi connectivity index (χ0v) is 10.9. The fourth-order valence-electron chi connectivity index (χ4n) is 3.08. The smallest absolute Gasteiger partial charge is 0.249 e. The molecule has 6 heteroatoms. The molecule has 4 aromatic rings. The highest BCUT2D eigenvalue weighted by Crippen LogP contribution is 2.28. The summed E-state index contributed by atoms with van der Waals surface area (Å²) in [6.07, 6.45) is 3.62. The van der Waals surface area contributed by atoms with Gasteiger partial charge in [-0.2, -0.15) is 4.98 Å². The number of hydrogen-bond donors (Lipinski definition) is 0. The van der Waals surface area contributed by atoms with Gasteiger partial charge < -0.3 is 0 Å². The van der Waals surface area contributed by atoms with E-state index in [0.29, 0.717) is 0 Å². The number of pyridine rings is 1. The number of rotatable bonds is 0. The molecule has 6 nitrogen and oxygen atoms in total. The minimum absolute atomic E-state index is 0.820. The van der Waals surface area contributed by atoms with Crippen LogP contribution in [-0.4, -0.2) is 24.1 Å². The first-order chi connectivity index (χ1) is 9.84. The van der Waals surface area contributed by atoms with Crippen LogP contribution in [0.4, 0.5) is 0 Å². The molecule has 0 aromatic carbocycles. The summed E-state index contributed by atoms with van der Waals surface area (Å²) in [7, 11) is 2.03. The van der Waals surface area contributed by atoms with Gasteiger partial charge in [0.1, 0.15) is 5.69 Å². The van der Waals surface area contributed by atoms with Crippen LogP contribution < -0.4 is 4.57 Å². The summed E-state index contributed by atoms with van der Waals surface area (Å²) in [6, 6.07) is 7.98. The molecule has 96 valence electrons. The molecule has 5 heterocycles. The Bertz CT molecular complexity index is 994. The Morgan fingerprint density at radius 2 is 2.10 bits per heavy atom. The number of hydrogen-bond acceptors (Lipinski definition) is 3. The topological polar surface area (TPSA) is 51.9 Å². The Morgan fingerprint density at radius 3 is 3.05 bits per heavy atom. The average molecular weight is 263 g/mol. The Labute approximate surface area is 113 Å². The molecule has 5 rings (SSSR count). The second kappa shape index (κ2) is 3.22. The lowest BCUT2D eigenvalue weighted by Gasteiger charge is -1.94. The monoisotopic (exact) mass is 263 g/mol. The Kier molecular flexibility index (Phi) is 1.62. The second-order valence-electron chi connectivity index (χ2n) is 5.03. The zero-order chi connectivity index (χ0) is 13.3. The highest BCUT2D eigenvalue weighted by Gasteiger charge is 2.35. The molecule has 0 bridgehead atoms. The summed E-state index contributed by atoms with van der Waals surface area (Å²) in [4.78, 5) is 9.18. The minimum Gasteiger partial charge on any atom is -0.249 e. The van der Waals surface area contributed by atoms with Crippen LogP contribution >= 0.6 is 0 Å². The maximum absolute atomic E-state index is 4.67. The third-order valence-electron chi connectivity index (χ3n) is 3.93. The SMILES string of the molecule is Cn1c2[n+](c3c1nc1cccnn13)Cc1cccnc1-2. The molecular formula is C14H11N6+. The predicted octanol–water partition coefficient (Wildman–Crippen LogP) is 0.932. The highest BCUT2D eigenvalue weighted by molar-refractivity contribution is 5.75. The van der Waals surface area contributed by atoms with Crippen LogP contribution in [0.25, 0.3) is 28.5 Å². The molecule has 4 aromatic heterocycles. The van der Waals surface area contributed by atoms with Crippen LogP contribution in [0.1, 0.15) is 5.56 Å². The lowest BCUT2D eigenvalue weighted by atomic mass is 10.2. The highest BCUT2D eigenvalue weighted by atomic mass is 15.4. The van der Waals surface area contributed by atoms with E-state index in [-0.39, 0.29) is 0 Å². The van der Waals surface area contributed by atoms with E-state index in [2.05, 4.69) is 30.3 Å². The van der Waals surface area contributed by atoms with E-state index in [4.69, 9.17) is 0 Å². The van der Waals surface area contributed by atoms with Gasteiger partial charge in [0.05, 0.1) is 19.8 Å². The first-order valence-corrected chi connectivity index (χ1v) is 6.51. The molecule has 20 heavy (non-hydrogen) atoms. The van der Waals surface area contributed by atoms with Gasteiger partial charge in [0, 0.05) is 17.8 Å². The van der Waals surface area contributed by atoms with E-state index < -0.39 is 0 Å². The lowest BCUT2D eigenvalue weighted by molar-refractivity contribution is -0.648. The Hall–Kier alpha value is -2.76. The molecule has 0 saturated carbocycles. The normalized spacial score (nSPS) is 13.1. The van der Waals surface area contributed by atoms with Crippen LogP contribution in [0.2, 0.25) is 0 Å². The summed E-state index contributed by atoms with van der Waals surface area (Å²) < 4.78 is 6.23. The summed E-state index contributed by atoms with van der Waals surface area (Å²) in [6.45, 7) is 0.820. The third-order valence-corrected chi connectivity index (χ3v) is 3.93. The lowest BCUT2D eigenvalue weighted by Crippen LogP contribution is -2.32. The fourth-order valence-corrected chi connectivity index (χ4v) is 3.08. The van der Waals surface area contributed by atoms with Gasteiger partial charge in [-0.1, -0.05) is 6.07 Å². The molecule has 0 spiro atoms. The van der Waals surface area contributed by atoms with Crippen molar-refractivity contribution < 1.29 is 4.57 Å². The maximum atomic E-state index is 4.67. The van der Waals surface area contributed by atoms with Gasteiger partial charge >= 0.3 is 5.65 Å². The predicted molar refractivity (Wildman–Crippen MR) is 72.0 cm³/mol. The van der Waals surface area contributed by atoms with Gasteiger partial charge in [0.15, 0.2) is 0 Å². The minimum atomic E-state index is 0.820. The van der Waals surface area contributed by atoms with Gasteiger partial charge in [0.25, 0.3) is 11.5 Å². The molecule has 0 N–H and O–H groups in total. The van der Waals surface area contributed by atoms with Crippen LogP contribution in [-0.2, 0) is 13.6 Å². The van der Waals surface area contributed by atoms with E-state index in [0.717, 1.165) is 35.0 Å². The van der Waals surface area contributed by atoms with Gasteiger partial charge in [-0.15, -0.1) is 9.61 Å². The molecule has 0 unspecified atom stereocenters. The Balaban J connectivity index is 1.99. The molecule has 1 aliphatic heterocycles. The van der Waals surface area contributed by atoms with Crippen molar-refractivity contribution in [2.75, 3.05) is 0 Å². The second-order valence-corrected chi connectivity index (χ2v) is 5.03. The summed E-state index contributed by atoms with van der Waals surface area (Å²) in [5.74, 6) is 1.10. The molecule has 1 aliphatic rings. The molecule has 0 saturated heterocycles. The van der Waals surface area contributed by atoms with Gasteiger partial charge in [0.2, 0.25) is 5.65 Å². The average Bonchev–Trinajstić information content (AvgIpc) is 3.10.